The van der Waals surface area contributed by atoms with Gasteiger partial charge in [-0.05, 0) is 50.2 Å². The second-order valence-corrected chi connectivity index (χ2v) is 10.9. The number of carboxylic acid groups (broad SMARTS) is 1. The molecule has 0 radical (unpaired) electrons. The molecule has 11 heteroatoms. The van der Waals surface area contributed by atoms with E-state index in [1.807, 2.05) is 37.3 Å². The zero-order chi connectivity index (χ0) is 28.1. The fourth-order valence-electron chi connectivity index (χ4n) is 4.74. The Morgan fingerprint density at radius 2 is 2.00 bits per heavy atom. The lowest BCUT2D eigenvalue weighted by atomic mass is 10.0. The van der Waals surface area contributed by atoms with Gasteiger partial charge in [0.25, 0.3) is 5.91 Å². The van der Waals surface area contributed by atoms with Crippen molar-refractivity contribution in [1.82, 2.24) is 14.6 Å². The number of methoxy groups -OCH3 is 1. The van der Waals surface area contributed by atoms with Crippen molar-refractivity contribution >= 4 is 34.2 Å². The molecule has 2 heterocycles. The molecule has 1 aromatic carbocycles. The lowest BCUT2D eigenvalue weighted by Gasteiger charge is -2.25. The Bertz CT molecular complexity index is 1350. The number of aromatic nitrogens is 1. The molecular formula is C28H34N3O7S-. The van der Waals surface area contributed by atoms with Gasteiger partial charge in [0.15, 0.2) is 0 Å². The first-order valence-electron chi connectivity index (χ1n) is 13.0. The summed E-state index contributed by atoms with van der Waals surface area (Å²) in [5.41, 5.74) is 4.04. The Hall–Kier alpha value is -3.12. The molecule has 0 bridgehead atoms. The van der Waals surface area contributed by atoms with Crippen molar-refractivity contribution in [2.45, 2.75) is 51.5 Å². The number of nitrogens with one attached hydrogen (secondary N) is 1. The average molecular weight is 557 g/mol. The molecule has 3 aromatic rings. The monoisotopic (exact) mass is 556 g/mol. The molecule has 2 aromatic heterocycles. The number of furan rings is 1. The van der Waals surface area contributed by atoms with Crippen molar-refractivity contribution in [3.05, 3.63) is 52.7 Å². The fourth-order valence-corrected chi connectivity index (χ4v) is 5.25. The molecule has 0 aliphatic heterocycles. The van der Waals surface area contributed by atoms with Gasteiger partial charge in [-0.3, -0.25) is 13.8 Å². The molecule has 2 unspecified atom stereocenters. The van der Waals surface area contributed by atoms with Crippen molar-refractivity contribution in [2.24, 2.45) is 5.92 Å². The standard InChI is InChI=1S/C28H35N3O7S/c1-17-7-9-19(10-8-17)25-24(26(32)29-2)22-14-21(18-11-12-18)23(30-27(22)38-25)15-31(39(35)36)13-5-4-6-20(16-37-3)28(33)34/h7-10,14,18,20H,4-6,11-13,15-16H2,1-3H3,(H,29,32)(H,33,34)(H,35,36)/p-1. The normalized spacial score (nSPS) is 15.0. The summed E-state index contributed by atoms with van der Waals surface area (Å²) in [6, 6.07) is 9.60. The van der Waals surface area contributed by atoms with Gasteiger partial charge in [0.05, 0.1) is 35.7 Å². The number of rotatable bonds is 14. The summed E-state index contributed by atoms with van der Waals surface area (Å²) < 4.78 is 36.6. The van der Waals surface area contributed by atoms with Gasteiger partial charge < -0.3 is 24.1 Å². The third kappa shape index (κ3) is 6.91. The zero-order valence-electron chi connectivity index (χ0n) is 22.4. The Morgan fingerprint density at radius 1 is 1.28 bits per heavy atom. The molecule has 0 saturated heterocycles. The van der Waals surface area contributed by atoms with Crippen LogP contribution in [0.3, 0.4) is 0 Å². The van der Waals surface area contributed by atoms with E-state index in [4.69, 9.17) is 14.1 Å². The summed E-state index contributed by atoms with van der Waals surface area (Å²) >= 11 is -2.50. The van der Waals surface area contributed by atoms with Crippen LogP contribution in [0.15, 0.2) is 34.7 Å². The highest BCUT2D eigenvalue weighted by molar-refractivity contribution is 7.76. The minimum absolute atomic E-state index is 0.0637. The number of unbranched alkanes of at least 4 members (excludes halogenated alkanes) is 1. The van der Waals surface area contributed by atoms with Crippen LogP contribution in [0.5, 0.6) is 0 Å². The van der Waals surface area contributed by atoms with Gasteiger partial charge in [0, 0.05) is 37.5 Å². The van der Waals surface area contributed by atoms with E-state index in [2.05, 4.69) is 5.32 Å². The fraction of sp³-hybridized carbons (Fsp3) is 0.464. The smallest absolute Gasteiger partial charge is 0.308 e. The van der Waals surface area contributed by atoms with Gasteiger partial charge in [0.2, 0.25) is 5.71 Å². The van der Waals surface area contributed by atoms with Crippen LogP contribution in [0.25, 0.3) is 22.4 Å². The number of carboxylic acids is 1. The van der Waals surface area contributed by atoms with Gasteiger partial charge in [-0.1, -0.05) is 36.2 Å². The highest BCUT2D eigenvalue weighted by Gasteiger charge is 2.31. The van der Waals surface area contributed by atoms with Crippen molar-refractivity contribution in [1.29, 1.82) is 0 Å². The zero-order valence-corrected chi connectivity index (χ0v) is 23.2. The molecule has 2 atom stereocenters. The summed E-state index contributed by atoms with van der Waals surface area (Å²) in [7, 11) is 3.03. The van der Waals surface area contributed by atoms with Crippen LogP contribution in [0.4, 0.5) is 0 Å². The first-order valence-corrected chi connectivity index (χ1v) is 14.1. The van der Waals surface area contributed by atoms with E-state index in [0.29, 0.717) is 41.7 Å². The van der Waals surface area contributed by atoms with Gasteiger partial charge >= 0.3 is 5.97 Å². The van der Waals surface area contributed by atoms with Crippen molar-refractivity contribution < 1.29 is 32.6 Å². The lowest BCUT2D eigenvalue weighted by molar-refractivity contribution is -0.143. The number of nitrogens with zero attached hydrogens (tertiary/aromatic N) is 2. The molecular weight excluding hydrogens is 522 g/mol. The number of ether oxygens (including phenoxy) is 1. The molecule has 39 heavy (non-hydrogen) atoms. The Kier molecular flexibility index (Phi) is 9.49. The van der Waals surface area contributed by atoms with E-state index in [1.165, 1.54) is 11.4 Å². The SMILES string of the molecule is CNC(=O)c1c(-c2ccc(C)cc2)oc2nc(CN(CCCCC(COC)C(=O)O)S(=O)[O-])c(C3CC3)cc12. The van der Waals surface area contributed by atoms with E-state index in [1.54, 1.807) is 7.05 Å². The summed E-state index contributed by atoms with van der Waals surface area (Å²) in [5.74, 6) is -1.16. The number of benzene rings is 1. The quantitative estimate of drug-likeness (QED) is 0.222. The Labute approximate surface area is 230 Å². The van der Waals surface area contributed by atoms with Crippen LogP contribution in [0.1, 0.15) is 65.2 Å². The van der Waals surface area contributed by atoms with Crippen molar-refractivity contribution in [3.8, 4) is 11.3 Å². The van der Waals surface area contributed by atoms with Gasteiger partial charge in [-0.15, -0.1) is 0 Å². The number of pyridine rings is 1. The summed E-state index contributed by atoms with van der Waals surface area (Å²) in [4.78, 5) is 29.0. The highest BCUT2D eigenvalue weighted by atomic mass is 32.2. The number of aryl methyl sites for hydroxylation is 1. The predicted octanol–water partition coefficient (Wildman–Crippen LogP) is 4.15. The maximum atomic E-state index is 12.9. The van der Waals surface area contributed by atoms with Crippen molar-refractivity contribution in [3.63, 3.8) is 0 Å². The molecule has 1 amide bonds. The molecule has 4 rings (SSSR count). The molecule has 10 nitrogen and oxygen atoms in total. The number of hydrogen-bond acceptors (Lipinski definition) is 7. The van der Waals surface area contributed by atoms with E-state index >= 15 is 0 Å². The first-order chi connectivity index (χ1) is 18.7. The largest absolute Gasteiger partial charge is 0.760 e. The molecule has 1 saturated carbocycles. The molecule has 1 aliphatic rings. The predicted molar refractivity (Wildman–Crippen MR) is 146 cm³/mol. The average Bonchev–Trinajstić information content (AvgIpc) is 3.69. The molecule has 0 spiro atoms. The summed E-state index contributed by atoms with van der Waals surface area (Å²) in [6.07, 6.45) is 3.38. The van der Waals surface area contributed by atoms with E-state index < -0.39 is 23.2 Å². The van der Waals surface area contributed by atoms with E-state index in [0.717, 1.165) is 29.5 Å². The third-order valence-corrected chi connectivity index (χ3v) is 7.78. The Morgan fingerprint density at radius 3 is 2.59 bits per heavy atom. The van der Waals surface area contributed by atoms with Gasteiger partial charge in [-0.25, -0.2) is 9.29 Å². The van der Waals surface area contributed by atoms with Crippen LogP contribution >= 0.6 is 0 Å². The minimum atomic E-state index is -2.50. The van der Waals surface area contributed by atoms with Crippen molar-refractivity contribution in [2.75, 3.05) is 27.3 Å². The van der Waals surface area contributed by atoms with Crippen LogP contribution in [-0.2, 0) is 27.3 Å². The number of aliphatic carboxylic acids is 1. The number of amides is 1. The van der Waals surface area contributed by atoms with Crippen LogP contribution in [0, 0.1) is 12.8 Å². The molecule has 1 fully saturated rings. The number of hydrogen-bond donors (Lipinski definition) is 2. The number of carbonyl (C=O) groups is 2. The summed E-state index contributed by atoms with van der Waals surface area (Å²) in [5, 5.41) is 12.6. The number of carbonyl (C=O) groups excluding carboxylic acids is 1. The maximum absolute atomic E-state index is 12.9. The van der Waals surface area contributed by atoms with Crippen LogP contribution < -0.4 is 5.32 Å². The summed E-state index contributed by atoms with van der Waals surface area (Å²) in [6.45, 7) is 2.39. The number of fused-ring (bicyclic) bond motifs is 1. The molecule has 210 valence electrons. The second kappa shape index (κ2) is 12.8. The Balaban J connectivity index is 1.62. The lowest BCUT2D eigenvalue weighted by Crippen LogP contribution is -2.28. The highest BCUT2D eigenvalue weighted by Crippen LogP contribution is 2.44. The van der Waals surface area contributed by atoms with E-state index in [-0.39, 0.29) is 37.2 Å². The second-order valence-electron chi connectivity index (χ2n) is 9.97. The van der Waals surface area contributed by atoms with Gasteiger partial charge in [-0.2, -0.15) is 0 Å². The molecule has 2 N–H and O–H groups in total. The first kappa shape index (κ1) is 28.9. The van der Waals surface area contributed by atoms with Crippen LogP contribution in [0.2, 0.25) is 0 Å². The minimum Gasteiger partial charge on any atom is -0.760 e. The van der Waals surface area contributed by atoms with Gasteiger partial charge in [0.1, 0.15) is 5.76 Å². The maximum Gasteiger partial charge on any atom is 0.308 e. The van der Waals surface area contributed by atoms with Crippen LogP contribution in [-0.4, -0.2) is 62.3 Å². The third-order valence-electron chi connectivity index (χ3n) is 7.04. The topological polar surface area (TPSA) is 145 Å². The molecule has 1 aliphatic carbocycles. The van der Waals surface area contributed by atoms with E-state index in [9.17, 15) is 23.5 Å².